The van der Waals surface area contributed by atoms with Crippen LogP contribution < -0.4 is 10.9 Å². The second kappa shape index (κ2) is 7.31. The standard InChI is InChI=1S/C18H16N6O3S/c1-3-8-23-16(26)12-6-4-5-7-13(12)24-17(23)20-21-18(24)28-10-14(25)19-15-9-11(2)22-27-15/h3-7,9H,1,8,10H2,2H3,(H,19,25). The van der Waals surface area contributed by atoms with E-state index in [2.05, 4.69) is 27.2 Å². The zero-order valence-corrected chi connectivity index (χ0v) is 15.8. The first-order valence-corrected chi connectivity index (χ1v) is 9.40. The first-order valence-electron chi connectivity index (χ1n) is 8.42. The molecule has 3 aromatic heterocycles. The minimum Gasteiger partial charge on any atom is -0.338 e. The van der Waals surface area contributed by atoms with Crippen molar-refractivity contribution in [1.82, 2.24) is 24.3 Å². The molecule has 4 aromatic rings. The lowest BCUT2D eigenvalue weighted by molar-refractivity contribution is -0.113. The second-order valence-corrected chi connectivity index (χ2v) is 6.95. The molecule has 142 valence electrons. The van der Waals surface area contributed by atoms with Crippen LogP contribution in [0.1, 0.15) is 5.69 Å². The average Bonchev–Trinajstić information content (AvgIpc) is 3.29. The van der Waals surface area contributed by atoms with Crippen molar-refractivity contribution in [2.24, 2.45) is 0 Å². The zero-order valence-electron chi connectivity index (χ0n) is 15.0. The van der Waals surface area contributed by atoms with Crippen LogP contribution in [0.25, 0.3) is 16.7 Å². The molecule has 0 atom stereocenters. The van der Waals surface area contributed by atoms with Crippen LogP contribution in [0.4, 0.5) is 5.88 Å². The molecule has 0 saturated carbocycles. The van der Waals surface area contributed by atoms with Gasteiger partial charge >= 0.3 is 0 Å². The van der Waals surface area contributed by atoms with Gasteiger partial charge in [0.05, 0.1) is 22.3 Å². The molecule has 0 bridgehead atoms. The predicted molar refractivity (Wildman–Crippen MR) is 106 cm³/mol. The zero-order chi connectivity index (χ0) is 19.7. The van der Waals surface area contributed by atoms with Crippen molar-refractivity contribution in [3.8, 4) is 0 Å². The van der Waals surface area contributed by atoms with Gasteiger partial charge in [-0.3, -0.25) is 23.9 Å². The summed E-state index contributed by atoms with van der Waals surface area (Å²) in [4.78, 5) is 25.0. The maximum atomic E-state index is 12.8. The Bertz CT molecular complexity index is 1260. The van der Waals surface area contributed by atoms with Crippen LogP contribution in [0.15, 0.2) is 57.5 Å². The number of hydrogen-bond donors (Lipinski definition) is 1. The number of rotatable bonds is 6. The molecule has 1 N–H and O–H groups in total. The number of aromatic nitrogens is 5. The summed E-state index contributed by atoms with van der Waals surface area (Å²) in [5, 5.41) is 15.8. The van der Waals surface area contributed by atoms with Crippen LogP contribution in [-0.4, -0.2) is 36.0 Å². The number of anilines is 1. The highest BCUT2D eigenvalue weighted by Crippen LogP contribution is 2.22. The van der Waals surface area contributed by atoms with Crippen molar-refractivity contribution in [3.63, 3.8) is 0 Å². The number of nitrogens with zero attached hydrogens (tertiary/aromatic N) is 5. The highest BCUT2D eigenvalue weighted by Gasteiger charge is 2.17. The van der Waals surface area contributed by atoms with Crippen molar-refractivity contribution < 1.29 is 9.32 Å². The molecule has 0 aliphatic heterocycles. The van der Waals surface area contributed by atoms with Crippen LogP contribution in [0.3, 0.4) is 0 Å². The Kier molecular flexibility index (Phi) is 4.70. The number of carbonyl (C=O) groups excluding carboxylic acids is 1. The van der Waals surface area contributed by atoms with Gasteiger partial charge in [-0.25, -0.2) is 0 Å². The summed E-state index contributed by atoms with van der Waals surface area (Å²) in [7, 11) is 0. The molecule has 0 saturated heterocycles. The summed E-state index contributed by atoms with van der Waals surface area (Å²) in [6, 6.07) is 8.86. The first kappa shape index (κ1) is 18.0. The summed E-state index contributed by atoms with van der Waals surface area (Å²) in [6.07, 6.45) is 1.63. The number of nitrogens with one attached hydrogen (secondary N) is 1. The number of allylic oxidation sites excluding steroid dienone is 1. The van der Waals surface area contributed by atoms with Gasteiger partial charge in [-0.15, -0.1) is 16.8 Å². The quantitative estimate of drug-likeness (QED) is 0.393. The van der Waals surface area contributed by atoms with E-state index in [1.54, 1.807) is 35.6 Å². The van der Waals surface area contributed by atoms with E-state index >= 15 is 0 Å². The molecule has 1 amide bonds. The molecule has 3 heterocycles. The van der Waals surface area contributed by atoms with Gasteiger partial charge in [0, 0.05) is 12.6 Å². The van der Waals surface area contributed by atoms with Crippen molar-refractivity contribution in [2.75, 3.05) is 11.1 Å². The first-order chi connectivity index (χ1) is 13.6. The van der Waals surface area contributed by atoms with E-state index in [-0.39, 0.29) is 17.2 Å². The molecule has 9 nitrogen and oxygen atoms in total. The highest BCUT2D eigenvalue weighted by atomic mass is 32.2. The van der Waals surface area contributed by atoms with E-state index in [1.165, 1.54) is 16.3 Å². The minimum absolute atomic E-state index is 0.0927. The fraction of sp³-hybridized carbons (Fsp3) is 0.167. The van der Waals surface area contributed by atoms with Gasteiger partial charge in [0.2, 0.25) is 17.6 Å². The van der Waals surface area contributed by atoms with Gasteiger partial charge in [-0.1, -0.05) is 35.1 Å². The van der Waals surface area contributed by atoms with Gasteiger partial charge in [0.25, 0.3) is 5.56 Å². The van der Waals surface area contributed by atoms with Crippen molar-refractivity contribution in [1.29, 1.82) is 0 Å². The third-order valence-electron chi connectivity index (χ3n) is 4.01. The Morgan fingerprint density at radius 3 is 2.93 bits per heavy atom. The molecule has 0 radical (unpaired) electrons. The lowest BCUT2D eigenvalue weighted by Gasteiger charge is -2.09. The van der Waals surface area contributed by atoms with Crippen LogP contribution in [0.5, 0.6) is 0 Å². The maximum Gasteiger partial charge on any atom is 0.263 e. The number of benzene rings is 1. The third kappa shape index (κ3) is 3.18. The lowest BCUT2D eigenvalue weighted by atomic mass is 10.2. The van der Waals surface area contributed by atoms with E-state index in [0.29, 0.717) is 40.0 Å². The summed E-state index contributed by atoms with van der Waals surface area (Å²) >= 11 is 1.21. The third-order valence-corrected chi connectivity index (χ3v) is 4.94. The van der Waals surface area contributed by atoms with Crippen molar-refractivity contribution in [3.05, 3.63) is 59.0 Å². The van der Waals surface area contributed by atoms with Crippen LogP contribution in [0.2, 0.25) is 0 Å². The average molecular weight is 396 g/mol. The van der Waals surface area contributed by atoms with Gasteiger partial charge < -0.3 is 4.52 Å². The highest BCUT2D eigenvalue weighted by molar-refractivity contribution is 7.99. The normalized spacial score (nSPS) is 11.2. The smallest absolute Gasteiger partial charge is 0.263 e. The molecular weight excluding hydrogens is 380 g/mol. The molecule has 0 unspecified atom stereocenters. The van der Waals surface area contributed by atoms with Crippen LogP contribution >= 0.6 is 11.8 Å². The summed E-state index contributed by atoms with van der Waals surface area (Å²) in [5.74, 6) is 0.522. The van der Waals surface area contributed by atoms with E-state index in [1.807, 2.05) is 12.1 Å². The molecule has 0 fully saturated rings. The Balaban J connectivity index is 1.69. The number of amides is 1. The SMILES string of the molecule is C=CCn1c(=O)c2ccccc2n2c(SCC(=O)Nc3cc(C)no3)nnc12. The van der Waals surface area contributed by atoms with E-state index in [9.17, 15) is 9.59 Å². The lowest BCUT2D eigenvalue weighted by Crippen LogP contribution is -2.22. The summed E-state index contributed by atoms with van der Waals surface area (Å²) < 4.78 is 8.26. The molecule has 10 heteroatoms. The second-order valence-electron chi connectivity index (χ2n) is 6.01. The Hall–Kier alpha value is -3.40. The largest absolute Gasteiger partial charge is 0.338 e. The predicted octanol–water partition coefficient (Wildman–Crippen LogP) is 2.26. The Morgan fingerprint density at radius 1 is 1.36 bits per heavy atom. The van der Waals surface area contributed by atoms with E-state index in [4.69, 9.17) is 4.52 Å². The number of aryl methyl sites for hydroxylation is 1. The molecule has 0 aliphatic carbocycles. The minimum atomic E-state index is -0.262. The van der Waals surface area contributed by atoms with Crippen molar-refractivity contribution in [2.45, 2.75) is 18.6 Å². The van der Waals surface area contributed by atoms with Crippen LogP contribution in [-0.2, 0) is 11.3 Å². The number of para-hydroxylation sites is 1. The fourth-order valence-electron chi connectivity index (χ4n) is 2.85. The van der Waals surface area contributed by atoms with Crippen LogP contribution in [0, 0.1) is 6.92 Å². The maximum absolute atomic E-state index is 12.8. The molecular formula is C18H16N6O3S. The van der Waals surface area contributed by atoms with Crippen molar-refractivity contribution >= 4 is 40.2 Å². The van der Waals surface area contributed by atoms with Gasteiger partial charge in [0.15, 0.2) is 5.16 Å². The Labute approximate surface area is 163 Å². The number of carbonyl (C=O) groups is 1. The number of thioether (sulfide) groups is 1. The monoisotopic (exact) mass is 396 g/mol. The summed E-state index contributed by atoms with van der Waals surface area (Å²) in [5.41, 5.74) is 1.20. The number of fused-ring (bicyclic) bond motifs is 3. The van der Waals surface area contributed by atoms with Gasteiger partial charge in [0.1, 0.15) is 0 Å². The molecule has 1 aromatic carbocycles. The molecule has 4 rings (SSSR count). The fourth-order valence-corrected chi connectivity index (χ4v) is 3.59. The van der Waals surface area contributed by atoms with E-state index < -0.39 is 0 Å². The van der Waals surface area contributed by atoms with E-state index in [0.717, 1.165) is 0 Å². The molecule has 28 heavy (non-hydrogen) atoms. The van der Waals surface area contributed by atoms with Gasteiger partial charge in [-0.05, 0) is 19.1 Å². The molecule has 0 aliphatic rings. The summed E-state index contributed by atoms with van der Waals surface area (Å²) in [6.45, 7) is 5.78. The topological polar surface area (TPSA) is 107 Å². The van der Waals surface area contributed by atoms with Gasteiger partial charge in [-0.2, -0.15) is 0 Å². The Morgan fingerprint density at radius 2 is 2.18 bits per heavy atom. The number of hydrogen-bond acceptors (Lipinski definition) is 7. The molecule has 0 spiro atoms.